The van der Waals surface area contributed by atoms with Crippen LogP contribution in [0.25, 0.3) is 0 Å². The summed E-state index contributed by atoms with van der Waals surface area (Å²) in [6.07, 6.45) is 11.1. The molecule has 0 radical (unpaired) electrons. The lowest BCUT2D eigenvalue weighted by Crippen LogP contribution is -2.40. The molecule has 1 heteroatoms. The maximum Gasteiger partial charge on any atom is 0.00695 e. The summed E-state index contributed by atoms with van der Waals surface area (Å²) in [5, 5.41) is 3.91. The average molecular weight is 287 g/mol. The molecule has 1 saturated carbocycles. The molecule has 1 atom stereocenters. The summed E-state index contributed by atoms with van der Waals surface area (Å²) >= 11 is 0. The van der Waals surface area contributed by atoms with Gasteiger partial charge in [-0.2, -0.15) is 0 Å². The van der Waals surface area contributed by atoms with E-state index in [2.05, 4.69) is 56.4 Å². The molecule has 118 valence electrons. The third-order valence-corrected chi connectivity index (χ3v) is 5.00. The lowest BCUT2D eigenvalue weighted by molar-refractivity contribution is 0.318. The van der Waals surface area contributed by atoms with Gasteiger partial charge in [-0.25, -0.2) is 0 Å². The van der Waals surface area contributed by atoms with Gasteiger partial charge in [-0.05, 0) is 37.2 Å². The van der Waals surface area contributed by atoms with Gasteiger partial charge in [0, 0.05) is 12.1 Å². The minimum absolute atomic E-state index is 0.245. The van der Waals surface area contributed by atoms with E-state index in [-0.39, 0.29) is 5.41 Å². The number of hydrogen-bond donors (Lipinski definition) is 1. The molecule has 0 bridgehead atoms. The van der Waals surface area contributed by atoms with Gasteiger partial charge < -0.3 is 5.32 Å². The first-order valence-electron chi connectivity index (χ1n) is 8.89. The van der Waals surface area contributed by atoms with Crippen molar-refractivity contribution in [2.45, 2.75) is 89.6 Å². The van der Waals surface area contributed by atoms with E-state index in [9.17, 15) is 0 Å². The van der Waals surface area contributed by atoms with Crippen molar-refractivity contribution in [3.63, 3.8) is 0 Å². The van der Waals surface area contributed by atoms with E-state index in [0.29, 0.717) is 6.04 Å². The Bertz CT molecular complexity index is 388. The predicted molar refractivity (Wildman–Crippen MR) is 92.8 cm³/mol. The van der Waals surface area contributed by atoms with Crippen molar-refractivity contribution >= 4 is 0 Å². The van der Waals surface area contributed by atoms with Gasteiger partial charge in [0.25, 0.3) is 0 Å². The molecule has 0 aromatic heterocycles. The smallest absolute Gasteiger partial charge is 0.00695 e. The van der Waals surface area contributed by atoms with Crippen molar-refractivity contribution in [2.75, 3.05) is 0 Å². The van der Waals surface area contributed by atoms with Crippen LogP contribution < -0.4 is 5.32 Å². The molecular formula is C20H33N. The summed E-state index contributed by atoms with van der Waals surface area (Å²) in [6.45, 7) is 7.11. The van der Waals surface area contributed by atoms with Gasteiger partial charge in [-0.15, -0.1) is 0 Å². The van der Waals surface area contributed by atoms with Crippen molar-refractivity contribution in [2.24, 2.45) is 0 Å². The standard InChI is InChI=1S/C20H33N/c1-17(21-19-14-10-5-4-6-11-15-19)16-20(2,3)18-12-8-7-9-13-18/h7-9,12-13,17,19,21H,4-6,10-11,14-16H2,1-3H3. The summed E-state index contributed by atoms with van der Waals surface area (Å²) < 4.78 is 0. The first-order valence-corrected chi connectivity index (χ1v) is 8.89. The highest BCUT2D eigenvalue weighted by Gasteiger charge is 2.24. The van der Waals surface area contributed by atoms with Crippen LogP contribution in [0.4, 0.5) is 0 Å². The van der Waals surface area contributed by atoms with E-state index >= 15 is 0 Å². The second kappa shape index (κ2) is 7.98. The number of benzene rings is 1. The summed E-state index contributed by atoms with van der Waals surface area (Å²) in [7, 11) is 0. The molecule has 0 saturated heterocycles. The zero-order valence-electron chi connectivity index (χ0n) is 14.2. The van der Waals surface area contributed by atoms with Crippen LogP contribution in [0.3, 0.4) is 0 Å². The van der Waals surface area contributed by atoms with Crippen molar-refractivity contribution in [1.29, 1.82) is 0 Å². The van der Waals surface area contributed by atoms with Gasteiger partial charge in [0.15, 0.2) is 0 Å². The topological polar surface area (TPSA) is 12.0 Å². The second-order valence-electron chi connectivity index (χ2n) is 7.56. The zero-order valence-corrected chi connectivity index (χ0v) is 14.2. The van der Waals surface area contributed by atoms with Gasteiger partial charge in [0.1, 0.15) is 0 Å². The molecule has 0 amide bonds. The minimum atomic E-state index is 0.245. The molecule has 1 nitrogen and oxygen atoms in total. The van der Waals surface area contributed by atoms with Gasteiger partial charge >= 0.3 is 0 Å². The molecule has 1 aromatic carbocycles. The van der Waals surface area contributed by atoms with Crippen LogP contribution in [0.5, 0.6) is 0 Å². The number of rotatable bonds is 5. The summed E-state index contributed by atoms with van der Waals surface area (Å²) in [4.78, 5) is 0. The molecule has 1 aromatic rings. The van der Waals surface area contributed by atoms with Crippen LogP contribution in [0.1, 0.15) is 77.7 Å². The van der Waals surface area contributed by atoms with Gasteiger partial charge in [-0.1, -0.05) is 76.3 Å². The van der Waals surface area contributed by atoms with Crippen LogP contribution in [0.15, 0.2) is 30.3 Å². The molecule has 0 spiro atoms. The highest BCUT2D eigenvalue weighted by molar-refractivity contribution is 5.23. The van der Waals surface area contributed by atoms with Crippen molar-refractivity contribution in [3.05, 3.63) is 35.9 Å². The predicted octanol–water partition coefficient (Wildman–Crippen LogP) is 5.45. The Balaban J connectivity index is 1.86. The fourth-order valence-corrected chi connectivity index (χ4v) is 3.86. The van der Waals surface area contributed by atoms with E-state index in [0.717, 1.165) is 6.04 Å². The molecule has 0 heterocycles. The normalized spacial score (nSPS) is 19.8. The monoisotopic (exact) mass is 287 g/mol. The molecule has 1 fully saturated rings. The fraction of sp³-hybridized carbons (Fsp3) is 0.700. The maximum atomic E-state index is 3.91. The van der Waals surface area contributed by atoms with Crippen LogP contribution in [0, 0.1) is 0 Å². The molecule has 2 rings (SSSR count). The van der Waals surface area contributed by atoms with Crippen molar-refractivity contribution in [1.82, 2.24) is 5.32 Å². The van der Waals surface area contributed by atoms with E-state index in [1.165, 1.54) is 56.9 Å². The lowest BCUT2D eigenvalue weighted by atomic mass is 9.79. The highest BCUT2D eigenvalue weighted by Crippen LogP contribution is 2.28. The Labute approximate surface area is 131 Å². The van der Waals surface area contributed by atoms with Crippen LogP contribution in [0.2, 0.25) is 0 Å². The third kappa shape index (κ3) is 5.47. The maximum absolute atomic E-state index is 3.91. The second-order valence-corrected chi connectivity index (χ2v) is 7.56. The van der Waals surface area contributed by atoms with Gasteiger partial charge in [0.05, 0.1) is 0 Å². The summed E-state index contributed by atoms with van der Waals surface area (Å²) in [6, 6.07) is 12.3. The molecular weight excluding hydrogens is 254 g/mol. The van der Waals surface area contributed by atoms with Crippen LogP contribution >= 0.6 is 0 Å². The van der Waals surface area contributed by atoms with Gasteiger partial charge in [0.2, 0.25) is 0 Å². The molecule has 1 N–H and O–H groups in total. The summed E-state index contributed by atoms with van der Waals surface area (Å²) in [5.41, 5.74) is 1.70. The Morgan fingerprint density at radius 3 is 2.19 bits per heavy atom. The molecule has 1 unspecified atom stereocenters. The van der Waals surface area contributed by atoms with Crippen molar-refractivity contribution < 1.29 is 0 Å². The average Bonchev–Trinajstić information content (AvgIpc) is 2.42. The van der Waals surface area contributed by atoms with Crippen molar-refractivity contribution in [3.8, 4) is 0 Å². The SMILES string of the molecule is CC(CC(C)(C)c1ccccc1)NC1CCCCCCC1. The molecule has 0 aliphatic heterocycles. The number of hydrogen-bond acceptors (Lipinski definition) is 1. The largest absolute Gasteiger partial charge is 0.311 e. The molecule has 1 aliphatic carbocycles. The van der Waals surface area contributed by atoms with Crippen LogP contribution in [-0.2, 0) is 5.41 Å². The fourth-order valence-electron chi connectivity index (χ4n) is 3.86. The Kier molecular flexibility index (Phi) is 6.29. The van der Waals surface area contributed by atoms with Crippen LogP contribution in [-0.4, -0.2) is 12.1 Å². The lowest BCUT2D eigenvalue weighted by Gasteiger charge is -2.32. The zero-order chi connectivity index (χ0) is 15.1. The highest BCUT2D eigenvalue weighted by atomic mass is 14.9. The van der Waals surface area contributed by atoms with E-state index < -0.39 is 0 Å². The number of nitrogens with one attached hydrogen (secondary N) is 1. The first-order chi connectivity index (χ1) is 10.1. The Morgan fingerprint density at radius 2 is 1.57 bits per heavy atom. The quantitative estimate of drug-likeness (QED) is 0.759. The summed E-state index contributed by atoms with van der Waals surface area (Å²) in [5.74, 6) is 0. The van der Waals surface area contributed by atoms with Gasteiger partial charge in [-0.3, -0.25) is 0 Å². The Morgan fingerprint density at radius 1 is 1.00 bits per heavy atom. The third-order valence-electron chi connectivity index (χ3n) is 5.00. The Hall–Kier alpha value is -0.820. The first kappa shape index (κ1) is 16.5. The van der Waals surface area contributed by atoms with E-state index in [1.807, 2.05) is 0 Å². The van der Waals surface area contributed by atoms with E-state index in [4.69, 9.17) is 0 Å². The van der Waals surface area contributed by atoms with E-state index in [1.54, 1.807) is 0 Å². The minimum Gasteiger partial charge on any atom is -0.311 e. The molecule has 21 heavy (non-hydrogen) atoms. The molecule has 1 aliphatic rings.